The van der Waals surface area contributed by atoms with Crippen LogP contribution in [-0.2, 0) is 19.1 Å². The van der Waals surface area contributed by atoms with Crippen LogP contribution in [0.5, 0.6) is 0 Å². The first-order valence-electron chi connectivity index (χ1n) is 7.82. The molecule has 2 heterocycles. The van der Waals surface area contributed by atoms with Crippen LogP contribution >= 0.6 is 23.5 Å². The molecule has 0 N–H and O–H groups in total. The van der Waals surface area contributed by atoms with Gasteiger partial charge in [-0.25, -0.2) is 0 Å². The summed E-state index contributed by atoms with van der Waals surface area (Å²) in [7, 11) is 1.68. The minimum atomic E-state index is -0.597. The van der Waals surface area contributed by atoms with Crippen molar-refractivity contribution in [2.24, 2.45) is 5.41 Å². The summed E-state index contributed by atoms with van der Waals surface area (Å²) in [6, 6.07) is 8.35. The van der Waals surface area contributed by atoms with E-state index in [0.29, 0.717) is 0 Å². The van der Waals surface area contributed by atoms with Crippen molar-refractivity contribution < 1.29 is 9.59 Å². The number of nitrogens with zero attached hydrogens (tertiary/aromatic N) is 1. The average Bonchev–Trinajstić information content (AvgIpc) is 3.24. The largest absolute Gasteiger partial charge is 0.284 e. The van der Waals surface area contributed by atoms with Crippen LogP contribution in [0, 0.1) is 5.41 Å². The smallest absolute Gasteiger partial charge is 0.240 e. The molecule has 4 aliphatic rings. The van der Waals surface area contributed by atoms with Crippen molar-refractivity contribution in [2.45, 2.75) is 28.8 Å². The van der Waals surface area contributed by atoms with Gasteiger partial charge in [0.25, 0.3) is 0 Å². The maximum atomic E-state index is 13.3. The van der Waals surface area contributed by atoms with Crippen LogP contribution in [0.25, 0.3) is 0 Å². The van der Waals surface area contributed by atoms with Crippen LogP contribution in [0.3, 0.4) is 0 Å². The van der Waals surface area contributed by atoms with Crippen LogP contribution in [0.4, 0.5) is 0 Å². The predicted molar refractivity (Wildman–Crippen MR) is 88.8 cm³/mol. The highest BCUT2D eigenvalue weighted by atomic mass is 32.2. The lowest BCUT2D eigenvalue weighted by molar-refractivity contribution is -0.140. The number of benzene rings is 1. The van der Waals surface area contributed by atoms with E-state index in [-0.39, 0.29) is 15.9 Å². The molecule has 0 unspecified atom stereocenters. The van der Waals surface area contributed by atoms with E-state index in [1.54, 1.807) is 7.05 Å². The summed E-state index contributed by atoms with van der Waals surface area (Å²) in [5.41, 5.74) is 1.23. The van der Waals surface area contributed by atoms with E-state index in [2.05, 4.69) is 18.2 Å². The highest BCUT2D eigenvalue weighted by molar-refractivity contribution is 8.20. The molecule has 0 aromatic heterocycles. The molecular weight excluding hydrogens is 314 g/mol. The SMILES string of the molecule is CN1C(=O)[C@]23CCC[C@@]2(C1=O)c1ccccc1C31SCCS1. The molecule has 5 rings (SSSR count). The number of carbonyl (C=O) groups is 2. The number of hydrogen-bond donors (Lipinski definition) is 0. The molecule has 2 saturated heterocycles. The first-order valence-corrected chi connectivity index (χ1v) is 9.79. The van der Waals surface area contributed by atoms with Crippen molar-refractivity contribution >= 4 is 35.3 Å². The summed E-state index contributed by atoms with van der Waals surface area (Å²) in [6.07, 6.45) is 2.64. The minimum absolute atomic E-state index is 0.0347. The molecule has 1 spiro atoms. The third kappa shape index (κ3) is 1.05. The zero-order valence-electron chi connectivity index (χ0n) is 12.4. The van der Waals surface area contributed by atoms with Crippen molar-refractivity contribution in [3.8, 4) is 0 Å². The van der Waals surface area contributed by atoms with Gasteiger partial charge in [0.05, 0.1) is 10.8 Å². The topological polar surface area (TPSA) is 37.4 Å². The number of imide groups is 1. The number of hydrogen-bond acceptors (Lipinski definition) is 4. The molecule has 1 aromatic carbocycles. The predicted octanol–water partition coefficient (Wildman–Crippen LogP) is 2.74. The van der Waals surface area contributed by atoms with E-state index in [9.17, 15) is 9.59 Å². The summed E-state index contributed by atoms with van der Waals surface area (Å²) >= 11 is 3.81. The van der Waals surface area contributed by atoms with Crippen LogP contribution in [0.2, 0.25) is 0 Å². The third-order valence-corrected chi connectivity index (χ3v) is 9.90. The first kappa shape index (κ1) is 13.5. The van der Waals surface area contributed by atoms with Gasteiger partial charge in [-0.05, 0) is 24.0 Å². The molecule has 2 amide bonds. The molecule has 0 radical (unpaired) electrons. The van der Waals surface area contributed by atoms with Gasteiger partial charge in [0.1, 0.15) is 4.08 Å². The minimum Gasteiger partial charge on any atom is -0.284 e. The lowest BCUT2D eigenvalue weighted by atomic mass is 9.67. The average molecular weight is 331 g/mol. The van der Waals surface area contributed by atoms with Crippen LogP contribution in [0.1, 0.15) is 30.4 Å². The Morgan fingerprint density at radius 3 is 2.41 bits per heavy atom. The third-order valence-electron chi connectivity index (χ3n) is 6.17. The molecule has 3 nitrogen and oxygen atoms in total. The molecule has 2 atom stereocenters. The molecule has 114 valence electrons. The Hall–Kier alpha value is -0.940. The second-order valence-electron chi connectivity index (χ2n) is 6.69. The number of carbonyl (C=O) groups excluding carboxylic acids is 2. The number of rotatable bonds is 0. The molecule has 2 aliphatic carbocycles. The Kier molecular flexibility index (Phi) is 2.41. The van der Waals surface area contributed by atoms with Gasteiger partial charge in [0.15, 0.2) is 0 Å². The molecule has 0 bridgehead atoms. The second-order valence-corrected chi connectivity index (χ2v) is 9.57. The van der Waals surface area contributed by atoms with Gasteiger partial charge in [0, 0.05) is 18.6 Å². The highest BCUT2D eigenvalue weighted by Crippen LogP contribution is 2.80. The number of thioether (sulfide) groups is 2. The summed E-state index contributed by atoms with van der Waals surface area (Å²) in [5, 5.41) is 0. The lowest BCUT2D eigenvalue weighted by Gasteiger charge is -2.41. The maximum Gasteiger partial charge on any atom is 0.240 e. The Balaban J connectivity index is 1.94. The maximum absolute atomic E-state index is 13.3. The fourth-order valence-electron chi connectivity index (χ4n) is 5.54. The van der Waals surface area contributed by atoms with Gasteiger partial charge in [0.2, 0.25) is 11.8 Å². The van der Waals surface area contributed by atoms with Gasteiger partial charge in [-0.1, -0.05) is 30.7 Å². The quantitative estimate of drug-likeness (QED) is 0.685. The molecule has 5 heteroatoms. The molecule has 2 aliphatic heterocycles. The van der Waals surface area contributed by atoms with Gasteiger partial charge in [-0.15, -0.1) is 23.5 Å². The van der Waals surface area contributed by atoms with E-state index in [1.807, 2.05) is 29.6 Å². The normalized spacial score (nSPS) is 37.8. The number of amides is 2. The lowest BCUT2D eigenvalue weighted by Crippen LogP contribution is -2.48. The standard InChI is InChI=1S/C17H17NO2S2/c1-18-13(19)15-7-4-8-16(15,14(18)20)17(21-9-10-22-17)12-6-3-2-5-11(12)15/h2-3,5-6H,4,7-10H2,1H3/t15-,16+/m0/s1. The van der Waals surface area contributed by atoms with Crippen LogP contribution < -0.4 is 0 Å². The van der Waals surface area contributed by atoms with E-state index in [4.69, 9.17) is 0 Å². The van der Waals surface area contributed by atoms with E-state index < -0.39 is 10.8 Å². The highest BCUT2D eigenvalue weighted by Gasteiger charge is 2.83. The summed E-state index contributed by atoms with van der Waals surface area (Å²) in [5.74, 6) is 2.21. The Bertz CT molecular complexity index is 727. The van der Waals surface area contributed by atoms with Crippen molar-refractivity contribution in [1.29, 1.82) is 0 Å². The fraction of sp³-hybridized carbons (Fsp3) is 0.529. The van der Waals surface area contributed by atoms with Gasteiger partial charge in [-0.2, -0.15) is 0 Å². The first-order chi connectivity index (χ1) is 10.6. The number of likely N-dealkylation sites (N-methyl/N-ethyl adjacent to an activating group) is 1. The monoisotopic (exact) mass is 331 g/mol. The zero-order valence-corrected chi connectivity index (χ0v) is 14.1. The van der Waals surface area contributed by atoms with E-state index in [0.717, 1.165) is 36.3 Å². The number of fused-ring (bicyclic) bond motifs is 2. The van der Waals surface area contributed by atoms with Crippen molar-refractivity contribution in [1.82, 2.24) is 4.90 Å². The summed E-state index contributed by atoms with van der Waals surface area (Å²) < 4.78 is -0.252. The van der Waals surface area contributed by atoms with E-state index in [1.165, 1.54) is 10.5 Å². The number of likely N-dealkylation sites (tertiary alicyclic amines) is 1. The summed E-state index contributed by atoms with van der Waals surface area (Å²) in [6.45, 7) is 0. The zero-order chi connectivity index (χ0) is 15.2. The Labute approximate surface area is 138 Å². The summed E-state index contributed by atoms with van der Waals surface area (Å²) in [4.78, 5) is 27.9. The molecule has 22 heavy (non-hydrogen) atoms. The molecular formula is C17H17NO2S2. The van der Waals surface area contributed by atoms with Gasteiger partial charge >= 0.3 is 0 Å². The van der Waals surface area contributed by atoms with Crippen molar-refractivity contribution in [2.75, 3.05) is 18.6 Å². The van der Waals surface area contributed by atoms with E-state index >= 15 is 0 Å². The molecule has 1 saturated carbocycles. The Morgan fingerprint density at radius 1 is 1.00 bits per heavy atom. The second kappa shape index (κ2) is 3.93. The molecule has 1 aromatic rings. The van der Waals surface area contributed by atoms with Crippen LogP contribution in [-0.4, -0.2) is 35.3 Å². The van der Waals surface area contributed by atoms with Crippen molar-refractivity contribution in [3.05, 3.63) is 35.4 Å². The van der Waals surface area contributed by atoms with Gasteiger partial charge < -0.3 is 0 Å². The van der Waals surface area contributed by atoms with Gasteiger partial charge in [-0.3, -0.25) is 14.5 Å². The van der Waals surface area contributed by atoms with Crippen molar-refractivity contribution in [3.63, 3.8) is 0 Å². The molecule has 3 fully saturated rings. The fourth-order valence-corrected chi connectivity index (χ4v) is 9.50. The van der Waals surface area contributed by atoms with Crippen LogP contribution in [0.15, 0.2) is 24.3 Å². The Morgan fingerprint density at radius 2 is 1.68 bits per heavy atom.